The van der Waals surface area contributed by atoms with Crippen molar-refractivity contribution in [1.29, 1.82) is 0 Å². The van der Waals surface area contributed by atoms with Crippen molar-refractivity contribution in [2.75, 3.05) is 18.5 Å². The summed E-state index contributed by atoms with van der Waals surface area (Å²) in [6, 6.07) is 10.8. The maximum atomic E-state index is 10.6. The average molecular weight is 338 g/mol. The Morgan fingerprint density at radius 1 is 1.39 bits per heavy atom. The van der Waals surface area contributed by atoms with Crippen LogP contribution in [0.3, 0.4) is 0 Å². The lowest BCUT2D eigenvalue weighted by Gasteiger charge is -2.13. The van der Waals surface area contributed by atoms with Crippen molar-refractivity contribution in [3.05, 3.63) is 63.3 Å². The Balaban J connectivity index is 1.76. The topological polar surface area (TPSA) is 97.5 Å². The van der Waals surface area contributed by atoms with Crippen LogP contribution in [-0.4, -0.2) is 34.3 Å². The van der Waals surface area contributed by atoms with Gasteiger partial charge in [0, 0.05) is 12.6 Å². The smallest absolute Gasteiger partial charge is 0.289 e. The van der Waals surface area contributed by atoms with Crippen LogP contribution in [0.1, 0.15) is 5.56 Å². The number of pyridine rings is 1. The molecule has 1 heterocycles. The Hall–Kier alpha value is -2.22. The summed E-state index contributed by atoms with van der Waals surface area (Å²) in [7, 11) is 0. The predicted molar refractivity (Wildman–Crippen MR) is 86.5 cm³/mol. The summed E-state index contributed by atoms with van der Waals surface area (Å²) in [5.74, 6) is 0.277. The summed E-state index contributed by atoms with van der Waals surface area (Å²) < 4.78 is 5.42. The van der Waals surface area contributed by atoms with Crippen molar-refractivity contribution in [2.24, 2.45) is 0 Å². The van der Waals surface area contributed by atoms with Gasteiger partial charge in [0.25, 0.3) is 5.69 Å². The van der Waals surface area contributed by atoms with Gasteiger partial charge in [-0.05, 0) is 5.56 Å². The normalized spacial score (nSPS) is 11.9. The molecule has 0 saturated heterocycles. The fraction of sp³-hybridized carbons (Fsp3) is 0.267. The summed E-state index contributed by atoms with van der Waals surface area (Å²) in [6.07, 6.45) is 0.346. The van der Waals surface area contributed by atoms with E-state index in [0.29, 0.717) is 6.61 Å². The van der Waals surface area contributed by atoms with Gasteiger partial charge in [0.1, 0.15) is 12.0 Å². The molecule has 1 aromatic carbocycles. The number of halogens is 1. The molecule has 0 bridgehead atoms. The largest absolute Gasteiger partial charge is 0.389 e. The number of aliphatic hydroxyl groups is 1. The number of nitro groups is 1. The third-order valence-electron chi connectivity index (χ3n) is 2.96. The summed E-state index contributed by atoms with van der Waals surface area (Å²) in [5.41, 5.74) is 0.833. The lowest BCUT2D eigenvalue weighted by atomic mass is 10.2. The van der Waals surface area contributed by atoms with Gasteiger partial charge in [0.05, 0.1) is 29.3 Å². The summed E-state index contributed by atoms with van der Waals surface area (Å²) in [4.78, 5) is 13.9. The number of hydrogen-bond donors (Lipinski definition) is 2. The molecule has 122 valence electrons. The molecule has 23 heavy (non-hydrogen) atoms. The number of nitrogens with one attached hydrogen (secondary N) is 1. The lowest BCUT2D eigenvalue weighted by molar-refractivity contribution is -0.385. The zero-order chi connectivity index (χ0) is 16.7. The number of hydrogen-bond acceptors (Lipinski definition) is 6. The van der Waals surface area contributed by atoms with Crippen LogP contribution < -0.4 is 5.32 Å². The minimum Gasteiger partial charge on any atom is -0.389 e. The number of aromatic nitrogens is 1. The van der Waals surface area contributed by atoms with Gasteiger partial charge in [-0.25, -0.2) is 4.98 Å². The van der Waals surface area contributed by atoms with Crippen molar-refractivity contribution in [1.82, 2.24) is 4.98 Å². The highest BCUT2D eigenvalue weighted by atomic mass is 35.5. The number of nitrogens with zero attached hydrogens (tertiary/aromatic N) is 2. The molecule has 2 rings (SSSR count). The van der Waals surface area contributed by atoms with Gasteiger partial charge in [-0.1, -0.05) is 41.9 Å². The highest BCUT2D eigenvalue weighted by molar-refractivity contribution is 6.33. The minimum absolute atomic E-state index is 0.122. The molecule has 7 nitrogen and oxygen atoms in total. The third kappa shape index (κ3) is 5.48. The number of benzene rings is 1. The third-order valence-corrected chi connectivity index (χ3v) is 3.25. The molecule has 0 fully saturated rings. The Kier molecular flexibility index (Phi) is 6.28. The monoisotopic (exact) mass is 337 g/mol. The van der Waals surface area contributed by atoms with Gasteiger partial charge >= 0.3 is 0 Å². The van der Waals surface area contributed by atoms with Gasteiger partial charge in [-0.3, -0.25) is 10.1 Å². The molecular formula is C15H16ClN3O4. The van der Waals surface area contributed by atoms with Crippen LogP contribution in [0, 0.1) is 10.1 Å². The molecule has 1 atom stereocenters. The molecule has 0 saturated carbocycles. The number of anilines is 1. The zero-order valence-electron chi connectivity index (χ0n) is 12.2. The first-order chi connectivity index (χ1) is 11.1. The maximum Gasteiger partial charge on any atom is 0.289 e. The molecule has 0 aliphatic heterocycles. The van der Waals surface area contributed by atoms with Gasteiger partial charge < -0.3 is 15.2 Å². The molecular weight excluding hydrogens is 322 g/mol. The summed E-state index contributed by atoms with van der Waals surface area (Å²) >= 11 is 5.90. The Labute approximate surface area is 138 Å². The fourth-order valence-electron chi connectivity index (χ4n) is 1.82. The zero-order valence-corrected chi connectivity index (χ0v) is 12.9. The molecule has 1 unspecified atom stereocenters. The van der Waals surface area contributed by atoms with Crippen LogP contribution in [0.4, 0.5) is 11.5 Å². The second-order valence-electron chi connectivity index (χ2n) is 4.82. The second-order valence-corrected chi connectivity index (χ2v) is 5.22. The first-order valence-electron chi connectivity index (χ1n) is 6.90. The van der Waals surface area contributed by atoms with Crippen LogP contribution in [0.2, 0.25) is 5.02 Å². The van der Waals surface area contributed by atoms with E-state index in [1.807, 2.05) is 30.3 Å². The van der Waals surface area contributed by atoms with E-state index in [9.17, 15) is 15.2 Å². The molecule has 0 radical (unpaired) electrons. The van der Waals surface area contributed by atoms with Gasteiger partial charge in [0.15, 0.2) is 0 Å². The van der Waals surface area contributed by atoms with E-state index in [4.69, 9.17) is 16.3 Å². The van der Waals surface area contributed by atoms with Crippen LogP contribution in [0.25, 0.3) is 0 Å². The number of rotatable bonds is 8. The van der Waals surface area contributed by atoms with Crippen LogP contribution in [0.5, 0.6) is 0 Å². The fourth-order valence-corrected chi connectivity index (χ4v) is 2.05. The molecule has 0 spiro atoms. The Bertz CT molecular complexity index is 654. The van der Waals surface area contributed by atoms with E-state index in [0.717, 1.165) is 11.8 Å². The van der Waals surface area contributed by atoms with Crippen molar-refractivity contribution in [3.8, 4) is 0 Å². The highest BCUT2D eigenvalue weighted by Crippen LogP contribution is 2.23. The van der Waals surface area contributed by atoms with Crippen LogP contribution in [0.15, 0.2) is 42.6 Å². The minimum atomic E-state index is -0.758. The van der Waals surface area contributed by atoms with E-state index in [1.165, 1.54) is 6.07 Å². The van der Waals surface area contributed by atoms with E-state index in [1.54, 1.807) is 0 Å². The Morgan fingerprint density at radius 3 is 2.78 bits per heavy atom. The predicted octanol–water partition coefficient (Wildman–Crippen LogP) is 2.63. The van der Waals surface area contributed by atoms with Gasteiger partial charge in [0.2, 0.25) is 0 Å². The van der Waals surface area contributed by atoms with Crippen LogP contribution in [-0.2, 0) is 11.3 Å². The van der Waals surface area contributed by atoms with Gasteiger partial charge in [-0.2, -0.15) is 0 Å². The molecule has 2 aromatic rings. The molecule has 0 amide bonds. The van der Waals surface area contributed by atoms with Crippen molar-refractivity contribution >= 4 is 23.1 Å². The first-order valence-corrected chi connectivity index (χ1v) is 7.27. The molecule has 1 aromatic heterocycles. The van der Waals surface area contributed by atoms with Crippen molar-refractivity contribution in [3.63, 3.8) is 0 Å². The van der Waals surface area contributed by atoms with Crippen molar-refractivity contribution < 1.29 is 14.8 Å². The van der Waals surface area contributed by atoms with E-state index < -0.39 is 11.0 Å². The molecule has 0 aliphatic rings. The van der Waals surface area contributed by atoms with Crippen LogP contribution >= 0.6 is 11.6 Å². The quantitative estimate of drug-likeness (QED) is 0.567. The lowest BCUT2D eigenvalue weighted by Crippen LogP contribution is -2.25. The highest BCUT2D eigenvalue weighted by Gasteiger charge is 2.12. The standard InChI is InChI=1S/C15H16ClN3O4/c16-14-6-12(19(21)22)7-17-15(14)18-8-13(20)10-23-9-11-4-2-1-3-5-11/h1-7,13,20H,8-10H2,(H,17,18). The molecule has 2 N–H and O–H groups in total. The second kappa shape index (κ2) is 8.42. The number of ether oxygens (including phenoxy) is 1. The maximum absolute atomic E-state index is 10.6. The summed E-state index contributed by atoms with van der Waals surface area (Å²) in [5, 5.41) is 23.4. The average Bonchev–Trinajstić information content (AvgIpc) is 2.54. The van der Waals surface area contributed by atoms with E-state index in [2.05, 4.69) is 10.3 Å². The SMILES string of the molecule is O=[N+]([O-])c1cnc(NCC(O)COCc2ccccc2)c(Cl)c1. The van der Waals surface area contributed by atoms with Crippen molar-refractivity contribution in [2.45, 2.75) is 12.7 Å². The van der Waals surface area contributed by atoms with Gasteiger partial charge in [-0.15, -0.1) is 0 Å². The van der Waals surface area contributed by atoms with E-state index >= 15 is 0 Å². The first kappa shape index (κ1) is 17.1. The Morgan fingerprint density at radius 2 is 2.13 bits per heavy atom. The van der Waals surface area contributed by atoms with E-state index in [-0.39, 0.29) is 29.7 Å². The molecule has 8 heteroatoms. The summed E-state index contributed by atoms with van der Waals surface area (Å²) in [6.45, 7) is 0.722. The molecule has 0 aliphatic carbocycles. The number of aliphatic hydroxyl groups excluding tert-OH is 1.